The Hall–Kier alpha value is -2.66. The van der Waals surface area contributed by atoms with E-state index in [-0.39, 0.29) is 12.3 Å². The molecule has 0 aliphatic heterocycles. The van der Waals surface area contributed by atoms with E-state index in [0.717, 1.165) is 16.7 Å². The molecule has 25 heavy (non-hydrogen) atoms. The summed E-state index contributed by atoms with van der Waals surface area (Å²) < 4.78 is 1.17. The lowest BCUT2D eigenvalue weighted by atomic mass is 10.0. The van der Waals surface area contributed by atoms with Gasteiger partial charge in [-0.2, -0.15) is 0 Å². The lowest BCUT2D eigenvalue weighted by Gasteiger charge is -2.04. The standard InChI is InChI=1S/C19H18ClN3O2/c1-13-4-2-3-5-14(13)8-11-17(24)12-23-19(25)21-18(22-23)15-6-9-16(20)10-7-15/h2-7,9-10H,8,11-12H2,1H3,(H,21,22,25). The summed E-state index contributed by atoms with van der Waals surface area (Å²) in [4.78, 5) is 26.9. The van der Waals surface area contributed by atoms with E-state index in [4.69, 9.17) is 11.6 Å². The number of aromatic nitrogens is 3. The molecule has 1 aromatic heterocycles. The highest BCUT2D eigenvalue weighted by Crippen LogP contribution is 2.16. The number of carbonyl (C=O) groups excluding carboxylic acids is 1. The summed E-state index contributed by atoms with van der Waals surface area (Å²) >= 11 is 5.86. The number of Topliss-reactive ketones (excluding diaryl/α,β-unsaturated/α-hetero) is 1. The minimum atomic E-state index is -0.394. The van der Waals surface area contributed by atoms with Crippen molar-refractivity contribution in [3.63, 3.8) is 0 Å². The maximum Gasteiger partial charge on any atom is 0.343 e. The Morgan fingerprint density at radius 1 is 1.16 bits per heavy atom. The number of rotatable bonds is 6. The Morgan fingerprint density at radius 3 is 2.60 bits per heavy atom. The first-order valence-corrected chi connectivity index (χ1v) is 8.40. The van der Waals surface area contributed by atoms with Crippen LogP contribution in [0.2, 0.25) is 5.02 Å². The Labute approximate surface area is 150 Å². The molecule has 128 valence electrons. The third kappa shape index (κ3) is 4.25. The number of halogens is 1. The van der Waals surface area contributed by atoms with E-state index in [1.807, 2.05) is 31.2 Å². The molecule has 5 nitrogen and oxygen atoms in total. The number of hydrogen-bond donors (Lipinski definition) is 1. The van der Waals surface area contributed by atoms with Gasteiger partial charge in [-0.05, 0) is 48.7 Å². The molecule has 0 aliphatic carbocycles. The summed E-state index contributed by atoms with van der Waals surface area (Å²) in [7, 11) is 0. The fourth-order valence-electron chi connectivity index (χ4n) is 2.61. The Morgan fingerprint density at radius 2 is 1.88 bits per heavy atom. The summed E-state index contributed by atoms with van der Waals surface area (Å²) in [6.45, 7) is 1.99. The van der Waals surface area contributed by atoms with Gasteiger partial charge in [-0.15, -0.1) is 5.10 Å². The molecule has 0 spiro atoms. The molecule has 0 saturated carbocycles. The highest BCUT2D eigenvalue weighted by Gasteiger charge is 2.11. The van der Waals surface area contributed by atoms with Crippen molar-refractivity contribution in [2.24, 2.45) is 0 Å². The molecule has 0 atom stereocenters. The number of H-pyrrole nitrogens is 1. The third-order valence-corrected chi connectivity index (χ3v) is 4.31. The first kappa shape index (κ1) is 17.2. The highest BCUT2D eigenvalue weighted by molar-refractivity contribution is 6.30. The number of nitrogens with one attached hydrogen (secondary N) is 1. The number of benzene rings is 2. The van der Waals surface area contributed by atoms with Gasteiger partial charge >= 0.3 is 5.69 Å². The fraction of sp³-hybridized carbons (Fsp3) is 0.211. The molecule has 3 aromatic rings. The maximum atomic E-state index is 12.2. The van der Waals surface area contributed by atoms with Crippen LogP contribution in [0.15, 0.2) is 53.3 Å². The van der Waals surface area contributed by atoms with Crippen molar-refractivity contribution in [2.75, 3.05) is 0 Å². The molecule has 2 aromatic carbocycles. The van der Waals surface area contributed by atoms with Crippen LogP contribution in [0.1, 0.15) is 17.5 Å². The molecule has 6 heteroatoms. The largest absolute Gasteiger partial charge is 0.343 e. The summed E-state index contributed by atoms with van der Waals surface area (Å²) in [6.07, 6.45) is 1.04. The van der Waals surface area contributed by atoms with Crippen molar-refractivity contribution in [1.29, 1.82) is 0 Å². The normalized spacial score (nSPS) is 10.8. The summed E-state index contributed by atoms with van der Waals surface area (Å²) in [6, 6.07) is 15.0. The molecule has 0 saturated heterocycles. The summed E-state index contributed by atoms with van der Waals surface area (Å²) in [5.74, 6) is 0.396. The maximum absolute atomic E-state index is 12.2. The van der Waals surface area contributed by atoms with E-state index in [9.17, 15) is 9.59 Å². The van der Waals surface area contributed by atoms with Gasteiger partial charge in [0.05, 0.1) is 0 Å². The van der Waals surface area contributed by atoms with E-state index in [2.05, 4.69) is 10.1 Å². The second-order valence-corrected chi connectivity index (χ2v) is 6.34. The van der Waals surface area contributed by atoms with Gasteiger partial charge in [0.25, 0.3) is 0 Å². The van der Waals surface area contributed by atoms with Crippen molar-refractivity contribution in [3.8, 4) is 11.4 Å². The van der Waals surface area contributed by atoms with Gasteiger partial charge in [-0.3, -0.25) is 9.78 Å². The first-order valence-electron chi connectivity index (χ1n) is 8.02. The minimum Gasteiger partial charge on any atom is -0.298 e. The van der Waals surface area contributed by atoms with Gasteiger partial charge in [0.1, 0.15) is 6.54 Å². The molecular formula is C19H18ClN3O2. The Kier molecular flexibility index (Phi) is 5.14. The van der Waals surface area contributed by atoms with Crippen LogP contribution < -0.4 is 5.69 Å². The molecule has 0 unspecified atom stereocenters. The Balaban J connectivity index is 1.66. The van der Waals surface area contributed by atoms with E-state index in [0.29, 0.717) is 23.7 Å². The predicted molar refractivity (Wildman–Crippen MR) is 97.8 cm³/mol. The fourth-order valence-corrected chi connectivity index (χ4v) is 2.74. The van der Waals surface area contributed by atoms with Gasteiger partial charge in [-0.25, -0.2) is 9.48 Å². The second-order valence-electron chi connectivity index (χ2n) is 5.91. The van der Waals surface area contributed by atoms with Crippen molar-refractivity contribution in [3.05, 3.63) is 75.2 Å². The minimum absolute atomic E-state index is 0.0282. The Bertz CT molecular complexity index is 942. The van der Waals surface area contributed by atoms with E-state index < -0.39 is 5.69 Å². The molecule has 0 bridgehead atoms. The second kappa shape index (κ2) is 7.49. The summed E-state index contributed by atoms with van der Waals surface area (Å²) in [5, 5.41) is 4.82. The van der Waals surface area contributed by atoms with Crippen LogP contribution in [-0.2, 0) is 17.8 Å². The number of aryl methyl sites for hydroxylation is 2. The van der Waals surface area contributed by atoms with Crippen molar-refractivity contribution >= 4 is 17.4 Å². The number of carbonyl (C=O) groups is 1. The number of ketones is 1. The monoisotopic (exact) mass is 355 g/mol. The van der Waals surface area contributed by atoms with Gasteiger partial charge in [-0.1, -0.05) is 35.9 Å². The van der Waals surface area contributed by atoms with Crippen LogP contribution in [0.3, 0.4) is 0 Å². The zero-order valence-corrected chi connectivity index (χ0v) is 14.6. The van der Waals surface area contributed by atoms with Gasteiger partial charge in [0.15, 0.2) is 11.6 Å². The van der Waals surface area contributed by atoms with Crippen LogP contribution in [0.5, 0.6) is 0 Å². The number of aromatic amines is 1. The summed E-state index contributed by atoms with van der Waals surface area (Å²) in [5.41, 5.74) is 2.66. The van der Waals surface area contributed by atoms with Crippen molar-refractivity contribution in [1.82, 2.24) is 14.8 Å². The van der Waals surface area contributed by atoms with E-state index >= 15 is 0 Å². The van der Waals surface area contributed by atoms with E-state index in [1.165, 1.54) is 4.68 Å². The smallest absolute Gasteiger partial charge is 0.298 e. The zero-order chi connectivity index (χ0) is 17.8. The van der Waals surface area contributed by atoms with Crippen LogP contribution in [-0.4, -0.2) is 20.5 Å². The van der Waals surface area contributed by atoms with Gasteiger partial charge in [0, 0.05) is 17.0 Å². The third-order valence-electron chi connectivity index (χ3n) is 4.06. The molecule has 1 N–H and O–H groups in total. The van der Waals surface area contributed by atoms with Crippen molar-refractivity contribution in [2.45, 2.75) is 26.3 Å². The van der Waals surface area contributed by atoms with Crippen LogP contribution in [0, 0.1) is 6.92 Å². The van der Waals surface area contributed by atoms with Gasteiger partial charge < -0.3 is 0 Å². The van der Waals surface area contributed by atoms with E-state index in [1.54, 1.807) is 24.3 Å². The number of hydrogen-bond acceptors (Lipinski definition) is 3. The molecule has 0 amide bonds. The molecular weight excluding hydrogens is 338 g/mol. The quantitative estimate of drug-likeness (QED) is 0.736. The van der Waals surface area contributed by atoms with Crippen LogP contribution in [0.25, 0.3) is 11.4 Å². The van der Waals surface area contributed by atoms with Crippen molar-refractivity contribution < 1.29 is 4.79 Å². The molecule has 1 heterocycles. The zero-order valence-electron chi connectivity index (χ0n) is 13.8. The first-order chi connectivity index (χ1) is 12.0. The number of nitrogens with zero attached hydrogens (tertiary/aromatic N) is 2. The molecule has 0 radical (unpaired) electrons. The average Bonchev–Trinajstić information content (AvgIpc) is 2.95. The molecule has 0 fully saturated rings. The molecule has 0 aliphatic rings. The lowest BCUT2D eigenvalue weighted by molar-refractivity contribution is -0.119. The predicted octanol–water partition coefficient (Wildman–Crippen LogP) is 3.40. The average molecular weight is 356 g/mol. The highest BCUT2D eigenvalue weighted by atomic mass is 35.5. The van der Waals surface area contributed by atoms with Crippen LogP contribution >= 0.6 is 11.6 Å². The molecule has 3 rings (SSSR count). The lowest BCUT2D eigenvalue weighted by Crippen LogP contribution is -2.23. The SMILES string of the molecule is Cc1ccccc1CCC(=O)Cn1nc(-c2ccc(Cl)cc2)[nH]c1=O. The van der Waals surface area contributed by atoms with Gasteiger partial charge in [0.2, 0.25) is 0 Å². The topological polar surface area (TPSA) is 67.8 Å². The van der Waals surface area contributed by atoms with Crippen LogP contribution in [0.4, 0.5) is 0 Å².